The van der Waals surface area contributed by atoms with Crippen molar-refractivity contribution in [1.82, 2.24) is 0 Å². The molecule has 0 unspecified atom stereocenters. The predicted octanol–water partition coefficient (Wildman–Crippen LogP) is 2.25. The Morgan fingerprint density at radius 1 is 1.47 bits per heavy atom. The van der Waals surface area contributed by atoms with E-state index in [0.29, 0.717) is 29.8 Å². The van der Waals surface area contributed by atoms with Gasteiger partial charge in [-0.25, -0.2) is 4.79 Å². The molecular weight excluding hydrogens is 266 g/mol. The molecule has 1 aromatic heterocycles. The van der Waals surface area contributed by atoms with E-state index in [9.17, 15) is 14.7 Å². The highest BCUT2D eigenvalue weighted by molar-refractivity contribution is 7.14. The molecule has 1 saturated carbocycles. The second-order valence-electron chi connectivity index (χ2n) is 4.70. The van der Waals surface area contributed by atoms with Crippen molar-refractivity contribution < 1.29 is 19.4 Å². The Hall–Kier alpha value is -1.40. The van der Waals surface area contributed by atoms with Crippen LogP contribution in [0.15, 0.2) is 6.07 Å². The first-order chi connectivity index (χ1) is 9.10. The van der Waals surface area contributed by atoms with Gasteiger partial charge in [0.1, 0.15) is 4.88 Å². The van der Waals surface area contributed by atoms with Gasteiger partial charge in [-0.05, 0) is 18.9 Å². The zero-order valence-corrected chi connectivity index (χ0v) is 11.6. The number of rotatable bonds is 4. The van der Waals surface area contributed by atoms with Crippen molar-refractivity contribution in [3.8, 4) is 0 Å². The smallest absolute Gasteiger partial charge is 0.350 e. The number of thiophene rings is 1. The van der Waals surface area contributed by atoms with Crippen LogP contribution < -0.4 is 5.32 Å². The summed E-state index contributed by atoms with van der Waals surface area (Å²) in [5.41, 5.74) is -0.477. The molecule has 0 atom stereocenters. The van der Waals surface area contributed by atoms with E-state index in [1.165, 1.54) is 18.4 Å². The Balaban J connectivity index is 2.36. The third-order valence-electron chi connectivity index (χ3n) is 3.46. The molecule has 0 bridgehead atoms. The summed E-state index contributed by atoms with van der Waals surface area (Å²) in [6, 6.07) is 1.68. The van der Waals surface area contributed by atoms with E-state index in [0.717, 1.165) is 24.1 Å². The van der Waals surface area contributed by atoms with Gasteiger partial charge in [0.2, 0.25) is 6.41 Å². The van der Waals surface area contributed by atoms with Gasteiger partial charge < -0.3 is 15.2 Å². The van der Waals surface area contributed by atoms with Crippen molar-refractivity contribution >= 4 is 29.4 Å². The molecule has 2 rings (SSSR count). The van der Waals surface area contributed by atoms with Crippen LogP contribution in [0.3, 0.4) is 0 Å². The molecule has 1 aromatic rings. The van der Waals surface area contributed by atoms with E-state index in [1.807, 2.05) is 0 Å². The highest BCUT2D eigenvalue weighted by atomic mass is 32.1. The monoisotopic (exact) mass is 283 g/mol. The molecule has 1 aliphatic carbocycles. The fourth-order valence-corrected chi connectivity index (χ4v) is 3.60. The first kappa shape index (κ1) is 14.0. The second kappa shape index (κ2) is 5.71. The van der Waals surface area contributed by atoms with Crippen LogP contribution in [0.4, 0.5) is 5.69 Å². The van der Waals surface area contributed by atoms with Crippen molar-refractivity contribution in [3.63, 3.8) is 0 Å². The number of carbonyl (C=O) groups is 2. The minimum atomic E-state index is -0.880. The van der Waals surface area contributed by atoms with E-state index < -0.39 is 11.6 Å². The van der Waals surface area contributed by atoms with E-state index in [1.54, 1.807) is 6.07 Å². The molecule has 0 aliphatic heterocycles. The second-order valence-corrected chi connectivity index (χ2v) is 5.75. The van der Waals surface area contributed by atoms with Crippen LogP contribution in [-0.2, 0) is 15.1 Å². The number of esters is 1. The van der Waals surface area contributed by atoms with Gasteiger partial charge in [-0.1, -0.05) is 19.3 Å². The maximum Gasteiger partial charge on any atom is 0.350 e. The fourth-order valence-electron chi connectivity index (χ4n) is 2.42. The van der Waals surface area contributed by atoms with Gasteiger partial charge in [-0.15, -0.1) is 11.3 Å². The third-order valence-corrected chi connectivity index (χ3v) is 4.77. The zero-order chi connectivity index (χ0) is 13.9. The number of anilines is 1. The number of hydrogen-bond acceptors (Lipinski definition) is 5. The number of aliphatic hydroxyl groups is 1. The highest BCUT2D eigenvalue weighted by Gasteiger charge is 2.34. The van der Waals surface area contributed by atoms with Gasteiger partial charge in [-0.2, -0.15) is 0 Å². The maximum absolute atomic E-state index is 11.7. The zero-order valence-electron chi connectivity index (χ0n) is 10.8. The minimum Gasteiger partial charge on any atom is -0.465 e. The largest absolute Gasteiger partial charge is 0.465 e. The van der Waals surface area contributed by atoms with Crippen molar-refractivity contribution in [2.24, 2.45) is 0 Å². The van der Waals surface area contributed by atoms with Crippen LogP contribution in [-0.4, -0.2) is 24.6 Å². The average molecular weight is 283 g/mol. The standard InChI is InChI=1S/C13H17NO4S/c1-18-12(16)11-9(14-8-15)7-10(19-11)13(17)5-3-2-4-6-13/h7-8,17H,2-6H2,1H3,(H,14,15). The number of methoxy groups -OCH3 is 1. The molecule has 0 radical (unpaired) electrons. The molecule has 6 heteroatoms. The van der Waals surface area contributed by atoms with Gasteiger partial charge in [-0.3, -0.25) is 4.79 Å². The van der Waals surface area contributed by atoms with E-state index in [-0.39, 0.29) is 0 Å². The quantitative estimate of drug-likeness (QED) is 0.656. The molecule has 104 valence electrons. The van der Waals surface area contributed by atoms with E-state index in [2.05, 4.69) is 5.32 Å². The number of carbonyl (C=O) groups excluding carboxylic acids is 2. The minimum absolute atomic E-state index is 0.323. The van der Waals surface area contributed by atoms with Crippen molar-refractivity contribution in [3.05, 3.63) is 15.8 Å². The SMILES string of the molecule is COC(=O)c1sc(C2(O)CCCCC2)cc1NC=O. The lowest BCUT2D eigenvalue weighted by Gasteiger charge is -2.30. The van der Waals surface area contributed by atoms with Gasteiger partial charge in [0.25, 0.3) is 0 Å². The van der Waals surface area contributed by atoms with Gasteiger partial charge in [0, 0.05) is 4.88 Å². The topological polar surface area (TPSA) is 75.6 Å². The summed E-state index contributed by atoms with van der Waals surface area (Å²) in [5.74, 6) is -0.500. The number of ether oxygens (including phenoxy) is 1. The average Bonchev–Trinajstić information content (AvgIpc) is 2.84. The Morgan fingerprint density at radius 3 is 2.74 bits per heavy atom. The molecule has 1 heterocycles. The van der Waals surface area contributed by atoms with Crippen LogP contribution in [0.1, 0.15) is 46.7 Å². The fraction of sp³-hybridized carbons (Fsp3) is 0.538. The Kier molecular flexibility index (Phi) is 4.21. The summed E-state index contributed by atoms with van der Waals surface area (Å²) < 4.78 is 4.69. The molecule has 1 amide bonds. The molecular formula is C13H17NO4S. The predicted molar refractivity (Wildman–Crippen MR) is 72.3 cm³/mol. The van der Waals surface area contributed by atoms with Crippen molar-refractivity contribution in [2.45, 2.75) is 37.7 Å². The maximum atomic E-state index is 11.7. The lowest BCUT2D eigenvalue weighted by atomic mass is 9.84. The van der Waals surface area contributed by atoms with Crippen LogP contribution >= 0.6 is 11.3 Å². The summed E-state index contributed by atoms with van der Waals surface area (Å²) in [6.07, 6.45) is 4.96. The first-order valence-corrected chi connectivity index (χ1v) is 7.07. The molecule has 0 saturated heterocycles. The molecule has 0 aromatic carbocycles. The summed E-state index contributed by atoms with van der Waals surface area (Å²) in [5, 5.41) is 13.1. The number of nitrogens with one attached hydrogen (secondary N) is 1. The van der Waals surface area contributed by atoms with Gasteiger partial charge >= 0.3 is 5.97 Å². The molecule has 19 heavy (non-hydrogen) atoms. The van der Waals surface area contributed by atoms with Gasteiger partial charge in [0.05, 0.1) is 18.4 Å². The lowest BCUT2D eigenvalue weighted by Crippen LogP contribution is -2.27. The molecule has 0 spiro atoms. The lowest BCUT2D eigenvalue weighted by molar-refractivity contribution is -0.105. The Morgan fingerprint density at radius 2 is 2.16 bits per heavy atom. The molecule has 2 N–H and O–H groups in total. The summed E-state index contributed by atoms with van der Waals surface area (Å²) in [7, 11) is 1.29. The van der Waals surface area contributed by atoms with Crippen LogP contribution in [0.2, 0.25) is 0 Å². The first-order valence-electron chi connectivity index (χ1n) is 6.26. The third kappa shape index (κ3) is 2.79. The molecule has 1 fully saturated rings. The number of amides is 1. The molecule has 1 aliphatic rings. The summed E-state index contributed by atoms with van der Waals surface area (Å²) in [6.45, 7) is 0. The van der Waals surface area contributed by atoms with Crippen molar-refractivity contribution in [1.29, 1.82) is 0 Å². The van der Waals surface area contributed by atoms with Crippen LogP contribution in [0, 0.1) is 0 Å². The molecule has 5 nitrogen and oxygen atoms in total. The number of hydrogen-bond donors (Lipinski definition) is 2. The van der Waals surface area contributed by atoms with E-state index in [4.69, 9.17) is 4.74 Å². The summed E-state index contributed by atoms with van der Waals surface area (Å²) >= 11 is 1.19. The highest BCUT2D eigenvalue weighted by Crippen LogP contribution is 2.42. The van der Waals surface area contributed by atoms with Gasteiger partial charge in [0.15, 0.2) is 0 Å². The van der Waals surface area contributed by atoms with Crippen LogP contribution in [0.25, 0.3) is 0 Å². The van der Waals surface area contributed by atoms with E-state index >= 15 is 0 Å². The Bertz CT molecular complexity index is 477. The van der Waals surface area contributed by atoms with Crippen molar-refractivity contribution in [2.75, 3.05) is 12.4 Å². The van der Waals surface area contributed by atoms with Crippen LogP contribution in [0.5, 0.6) is 0 Å². The normalized spacial score (nSPS) is 17.8. The summed E-state index contributed by atoms with van der Waals surface area (Å²) in [4.78, 5) is 23.3. The Labute approximate surface area is 115 Å².